The maximum absolute atomic E-state index is 11.9. The van der Waals surface area contributed by atoms with Crippen LogP contribution in [0.15, 0.2) is 34.9 Å². The smallest absolute Gasteiger partial charge is 0.307 e. The number of carbonyl (C=O) groups excluding carboxylic acids is 3. The highest BCUT2D eigenvalue weighted by Gasteiger charge is 2.13. The van der Waals surface area contributed by atoms with Gasteiger partial charge in [0, 0.05) is 6.54 Å². The molecule has 2 aromatic heterocycles. The monoisotopic (exact) mass is 322 g/mol. The molecule has 0 spiro atoms. The summed E-state index contributed by atoms with van der Waals surface area (Å²) in [4.78, 5) is 35.0. The van der Waals surface area contributed by atoms with E-state index in [4.69, 9.17) is 4.42 Å². The third-order valence-electron chi connectivity index (χ3n) is 2.65. The average molecular weight is 322 g/mol. The number of thiophene rings is 1. The van der Waals surface area contributed by atoms with Crippen LogP contribution in [0.4, 0.5) is 5.00 Å². The van der Waals surface area contributed by atoms with Crippen molar-refractivity contribution in [3.05, 3.63) is 41.2 Å². The van der Waals surface area contributed by atoms with Crippen LogP contribution in [0.5, 0.6) is 0 Å². The molecule has 0 fully saturated rings. The molecule has 0 aliphatic carbocycles. The summed E-state index contributed by atoms with van der Waals surface area (Å²) in [6.07, 6.45) is 1.51. The number of hydrogen-bond donors (Lipinski definition) is 2. The van der Waals surface area contributed by atoms with Crippen LogP contribution in [0.1, 0.15) is 26.6 Å². The summed E-state index contributed by atoms with van der Waals surface area (Å²) in [6.45, 7) is 0.192. The summed E-state index contributed by atoms with van der Waals surface area (Å²) in [5, 5.41) is 5.76. The van der Waals surface area contributed by atoms with Crippen molar-refractivity contribution in [2.45, 2.75) is 6.42 Å². The first-order chi connectivity index (χ1) is 10.6. The Bertz CT molecular complexity index is 663. The van der Waals surface area contributed by atoms with Gasteiger partial charge in [-0.25, -0.2) is 0 Å². The Morgan fingerprint density at radius 1 is 1.23 bits per heavy atom. The first kappa shape index (κ1) is 15.8. The summed E-state index contributed by atoms with van der Waals surface area (Å²) in [5.41, 5.74) is 0. The zero-order chi connectivity index (χ0) is 15.9. The Kier molecular flexibility index (Phi) is 5.31. The van der Waals surface area contributed by atoms with Crippen LogP contribution < -0.4 is 10.6 Å². The molecule has 0 saturated heterocycles. The van der Waals surface area contributed by atoms with Gasteiger partial charge in [-0.05, 0) is 24.3 Å². The molecule has 22 heavy (non-hydrogen) atoms. The van der Waals surface area contributed by atoms with E-state index in [0.29, 0.717) is 9.88 Å². The normalized spacial score (nSPS) is 10.0. The van der Waals surface area contributed by atoms with Gasteiger partial charge in [0.25, 0.3) is 11.8 Å². The van der Waals surface area contributed by atoms with E-state index in [0.717, 1.165) is 11.3 Å². The van der Waals surface area contributed by atoms with E-state index >= 15 is 0 Å². The van der Waals surface area contributed by atoms with Gasteiger partial charge in [-0.1, -0.05) is 0 Å². The van der Waals surface area contributed by atoms with Crippen molar-refractivity contribution < 1.29 is 23.5 Å². The molecule has 7 nitrogen and oxygen atoms in total. The number of anilines is 1. The standard InChI is InChI=1S/C14H14N2O5S/c1-20-12(17)6-7-15-14(19)10-4-5-11(22-10)16-13(18)9-3-2-8-21-9/h2-5,8H,6-7H2,1H3,(H,15,19)(H,16,18). The number of furan rings is 1. The lowest BCUT2D eigenvalue weighted by Crippen LogP contribution is -2.25. The van der Waals surface area contributed by atoms with Gasteiger partial charge in [-0.15, -0.1) is 11.3 Å². The van der Waals surface area contributed by atoms with Crippen molar-refractivity contribution in [2.24, 2.45) is 0 Å². The highest BCUT2D eigenvalue weighted by Crippen LogP contribution is 2.22. The van der Waals surface area contributed by atoms with Gasteiger partial charge in [0.15, 0.2) is 5.76 Å². The molecule has 0 saturated carbocycles. The van der Waals surface area contributed by atoms with Crippen LogP contribution in [0.2, 0.25) is 0 Å². The predicted octanol–water partition coefficient (Wildman–Crippen LogP) is 1.89. The van der Waals surface area contributed by atoms with Gasteiger partial charge in [-0.3, -0.25) is 14.4 Å². The van der Waals surface area contributed by atoms with Crippen molar-refractivity contribution in [1.29, 1.82) is 0 Å². The maximum atomic E-state index is 11.9. The van der Waals surface area contributed by atoms with Crippen molar-refractivity contribution in [1.82, 2.24) is 5.32 Å². The highest BCUT2D eigenvalue weighted by atomic mass is 32.1. The van der Waals surface area contributed by atoms with E-state index in [-0.39, 0.29) is 30.5 Å². The van der Waals surface area contributed by atoms with Crippen molar-refractivity contribution in [3.63, 3.8) is 0 Å². The molecular weight excluding hydrogens is 308 g/mol. The number of esters is 1. The van der Waals surface area contributed by atoms with Crippen LogP contribution in [0.3, 0.4) is 0 Å². The lowest BCUT2D eigenvalue weighted by Gasteiger charge is -2.02. The Morgan fingerprint density at radius 2 is 2.05 bits per heavy atom. The van der Waals surface area contributed by atoms with Gasteiger partial charge in [0.05, 0.1) is 29.7 Å². The lowest BCUT2D eigenvalue weighted by molar-refractivity contribution is -0.140. The number of hydrogen-bond acceptors (Lipinski definition) is 6. The second-order valence-corrected chi connectivity index (χ2v) is 5.26. The molecule has 0 unspecified atom stereocenters. The first-order valence-electron chi connectivity index (χ1n) is 6.40. The average Bonchev–Trinajstić information content (AvgIpc) is 3.18. The van der Waals surface area contributed by atoms with Crippen LogP contribution in [0.25, 0.3) is 0 Å². The predicted molar refractivity (Wildman–Crippen MR) is 79.9 cm³/mol. The Labute approximate surface area is 130 Å². The first-order valence-corrected chi connectivity index (χ1v) is 7.21. The van der Waals surface area contributed by atoms with Crippen molar-refractivity contribution in [2.75, 3.05) is 19.0 Å². The minimum atomic E-state index is -0.391. The van der Waals surface area contributed by atoms with E-state index in [1.807, 2.05) is 0 Å². The van der Waals surface area contributed by atoms with E-state index in [9.17, 15) is 14.4 Å². The fourth-order valence-electron chi connectivity index (χ4n) is 1.58. The fourth-order valence-corrected chi connectivity index (χ4v) is 2.39. The topological polar surface area (TPSA) is 97.6 Å². The minimum Gasteiger partial charge on any atom is -0.469 e. The molecule has 8 heteroatoms. The van der Waals surface area contributed by atoms with Crippen LogP contribution in [0, 0.1) is 0 Å². The zero-order valence-electron chi connectivity index (χ0n) is 11.8. The van der Waals surface area contributed by atoms with Gasteiger partial charge < -0.3 is 19.8 Å². The molecule has 0 aliphatic rings. The summed E-state index contributed by atoms with van der Waals surface area (Å²) < 4.78 is 9.45. The molecule has 2 heterocycles. The Morgan fingerprint density at radius 3 is 2.73 bits per heavy atom. The van der Waals surface area contributed by atoms with Gasteiger partial charge in [0.1, 0.15) is 0 Å². The molecule has 0 aliphatic heterocycles. The highest BCUT2D eigenvalue weighted by molar-refractivity contribution is 7.18. The molecule has 2 amide bonds. The molecular formula is C14H14N2O5S. The second kappa shape index (κ2) is 7.41. The van der Waals surface area contributed by atoms with Crippen LogP contribution in [-0.2, 0) is 9.53 Å². The molecule has 0 atom stereocenters. The summed E-state index contributed by atoms with van der Waals surface area (Å²) >= 11 is 1.13. The largest absolute Gasteiger partial charge is 0.469 e. The second-order valence-electron chi connectivity index (χ2n) is 4.18. The van der Waals surface area contributed by atoms with E-state index in [1.54, 1.807) is 24.3 Å². The molecule has 2 rings (SSSR count). The third-order valence-corrected chi connectivity index (χ3v) is 3.65. The van der Waals surface area contributed by atoms with Crippen LogP contribution >= 0.6 is 11.3 Å². The summed E-state index contributed by atoms with van der Waals surface area (Å²) in [6, 6.07) is 6.38. The van der Waals surface area contributed by atoms with E-state index in [1.165, 1.54) is 13.4 Å². The quantitative estimate of drug-likeness (QED) is 0.791. The van der Waals surface area contributed by atoms with Gasteiger partial charge >= 0.3 is 5.97 Å². The summed E-state index contributed by atoms with van der Waals surface area (Å²) in [7, 11) is 1.29. The minimum absolute atomic E-state index is 0.107. The third kappa shape index (κ3) is 4.19. The number of rotatable bonds is 6. The fraction of sp³-hybridized carbons (Fsp3) is 0.214. The number of nitrogens with one attached hydrogen (secondary N) is 2. The molecule has 0 bridgehead atoms. The van der Waals surface area contributed by atoms with Crippen molar-refractivity contribution >= 4 is 34.1 Å². The molecule has 2 N–H and O–H groups in total. The zero-order valence-corrected chi connectivity index (χ0v) is 12.6. The van der Waals surface area contributed by atoms with Crippen molar-refractivity contribution in [3.8, 4) is 0 Å². The van der Waals surface area contributed by atoms with E-state index in [2.05, 4.69) is 15.4 Å². The molecule has 0 radical (unpaired) electrons. The van der Waals surface area contributed by atoms with Gasteiger partial charge in [0.2, 0.25) is 0 Å². The summed E-state index contributed by atoms with van der Waals surface area (Å²) in [5.74, 6) is -0.896. The van der Waals surface area contributed by atoms with E-state index < -0.39 is 5.97 Å². The SMILES string of the molecule is COC(=O)CCNC(=O)c1ccc(NC(=O)c2ccco2)s1. The van der Waals surface area contributed by atoms with Crippen LogP contribution in [-0.4, -0.2) is 31.4 Å². The number of methoxy groups -OCH3 is 1. The lowest BCUT2D eigenvalue weighted by atomic mass is 10.4. The number of amides is 2. The number of carbonyl (C=O) groups is 3. The Hall–Kier alpha value is -2.61. The Balaban J connectivity index is 1.86. The maximum Gasteiger partial charge on any atom is 0.307 e. The molecule has 116 valence electrons. The van der Waals surface area contributed by atoms with Gasteiger partial charge in [-0.2, -0.15) is 0 Å². The number of ether oxygens (including phenoxy) is 1. The molecule has 2 aromatic rings. The molecule has 0 aromatic carbocycles.